The molecule has 5 rings (SSSR count). The SMILES string of the molecule is CCOC(=O)OC(C)OC(=O)C1(CSc2nnc(C)s2)CS[C@@H]2C(NC(=O)C(=NOCC(=O)NNC(=O)c3ccc(OC(C)=O)c(OC(C)=O)c3)c3csc(N)n3)C(=O)N2C1. The van der Waals surface area contributed by atoms with Crippen LogP contribution < -0.4 is 31.4 Å². The first-order chi connectivity index (χ1) is 29.0. The second-order valence-electron chi connectivity index (χ2n) is 12.7. The van der Waals surface area contributed by atoms with Gasteiger partial charge in [0, 0.05) is 49.8 Å². The Hall–Kier alpha value is -6.06. The van der Waals surface area contributed by atoms with Crippen molar-refractivity contribution in [3.8, 4) is 11.5 Å². The lowest BCUT2D eigenvalue weighted by Gasteiger charge is -2.54. The Bertz CT molecular complexity index is 2240. The zero-order chi connectivity index (χ0) is 44.4. The number of nitrogens with two attached hydrogens (primary N) is 1. The summed E-state index contributed by atoms with van der Waals surface area (Å²) in [7, 11) is 0. The van der Waals surface area contributed by atoms with Crippen LogP contribution in [0.4, 0.5) is 9.93 Å². The number of carbonyl (C=O) groups excluding carboxylic acids is 8. The first kappa shape index (κ1) is 46.0. The standard InChI is InChI=1S/C34H37N9O14S4/c1-6-52-33(51)57-18(5)56-30(50)34(14-60-32-41-38-15(2)61-32)12-43-28(49)25(29(43)59-13-34)37-27(48)24(20-11-58-31(35)36-20)42-53-10-23(46)39-40-26(47)19-7-8-21(54-16(3)44)22(9-19)55-17(4)45/h7-9,11,18,25,29H,6,10,12-14H2,1-5H3,(H2,35,36)(H,37,48)(H,39,46)(H,40,47)/t18?,25?,29-,34?/m1/s1. The van der Waals surface area contributed by atoms with E-state index < -0.39 is 83.1 Å². The van der Waals surface area contributed by atoms with Crippen molar-refractivity contribution in [2.24, 2.45) is 10.6 Å². The maximum atomic E-state index is 13.7. The Morgan fingerprint density at radius 1 is 1.07 bits per heavy atom. The van der Waals surface area contributed by atoms with E-state index in [0.717, 1.165) is 31.3 Å². The summed E-state index contributed by atoms with van der Waals surface area (Å²) in [5, 5.41) is 16.1. The number of hydrazine groups is 1. The number of nitrogen functional groups attached to an aromatic ring is 1. The summed E-state index contributed by atoms with van der Waals surface area (Å²) in [4.78, 5) is 112. The van der Waals surface area contributed by atoms with Crippen LogP contribution >= 0.6 is 46.2 Å². The monoisotopic (exact) mass is 923 g/mol. The summed E-state index contributed by atoms with van der Waals surface area (Å²) in [5.74, 6) is -5.44. The molecule has 3 aromatic rings. The molecular formula is C34H37N9O14S4. The third kappa shape index (κ3) is 12.0. The molecule has 2 aliphatic rings. The first-order valence-corrected chi connectivity index (χ1v) is 21.4. The van der Waals surface area contributed by atoms with Crippen LogP contribution in [0.15, 0.2) is 33.1 Å². The van der Waals surface area contributed by atoms with Crippen LogP contribution in [0.2, 0.25) is 0 Å². The number of carbonyl (C=O) groups is 8. The fourth-order valence-corrected chi connectivity index (χ4v) is 9.56. The molecule has 23 nitrogen and oxygen atoms in total. The van der Waals surface area contributed by atoms with E-state index in [-0.39, 0.29) is 52.5 Å². The van der Waals surface area contributed by atoms with Crippen molar-refractivity contribution < 1.29 is 66.9 Å². The zero-order valence-electron chi connectivity index (χ0n) is 32.7. The van der Waals surface area contributed by atoms with Gasteiger partial charge >= 0.3 is 24.1 Å². The van der Waals surface area contributed by atoms with Gasteiger partial charge in [0.2, 0.25) is 12.2 Å². The van der Waals surface area contributed by atoms with E-state index in [4.69, 9.17) is 34.3 Å². The number of fused-ring (bicyclic) bond motifs is 1. The summed E-state index contributed by atoms with van der Waals surface area (Å²) in [6.45, 7) is 6.10. The lowest BCUT2D eigenvalue weighted by atomic mass is 9.89. The minimum absolute atomic E-state index is 0.0284. The van der Waals surface area contributed by atoms with Gasteiger partial charge < -0.3 is 44.5 Å². The summed E-state index contributed by atoms with van der Waals surface area (Å²) in [6.07, 6.45) is -2.32. The molecule has 326 valence electrons. The fourth-order valence-electron chi connectivity index (χ4n) is 5.34. The van der Waals surface area contributed by atoms with E-state index in [1.807, 2.05) is 0 Å². The summed E-state index contributed by atoms with van der Waals surface area (Å²) in [5.41, 5.74) is 8.18. The summed E-state index contributed by atoms with van der Waals surface area (Å²) >= 11 is 4.78. The molecule has 2 aromatic heterocycles. The molecule has 0 spiro atoms. The molecule has 1 aromatic carbocycles. The zero-order valence-corrected chi connectivity index (χ0v) is 36.0. The number of nitrogens with one attached hydrogen (secondary N) is 3. The number of oxime groups is 1. The molecule has 0 radical (unpaired) electrons. The van der Waals surface area contributed by atoms with E-state index in [0.29, 0.717) is 9.35 Å². The molecule has 0 saturated carbocycles. The van der Waals surface area contributed by atoms with Crippen molar-refractivity contribution in [2.75, 3.05) is 37.0 Å². The molecule has 2 saturated heterocycles. The number of aromatic nitrogens is 3. The fraction of sp³-hybridized carbons (Fsp3) is 0.412. The van der Waals surface area contributed by atoms with Gasteiger partial charge in [-0.1, -0.05) is 28.3 Å². The third-order valence-electron chi connectivity index (χ3n) is 8.00. The Morgan fingerprint density at radius 2 is 1.80 bits per heavy atom. The van der Waals surface area contributed by atoms with Crippen LogP contribution in [0.1, 0.15) is 48.8 Å². The van der Waals surface area contributed by atoms with Crippen molar-refractivity contribution in [1.29, 1.82) is 0 Å². The van der Waals surface area contributed by atoms with Crippen LogP contribution in [0.5, 0.6) is 11.5 Å². The van der Waals surface area contributed by atoms with Crippen molar-refractivity contribution in [1.82, 2.24) is 36.2 Å². The quantitative estimate of drug-likeness (QED) is 0.0298. The molecule has 0 aliphatic carbocycles. The first-order valence-electron chi connectivity index (χ1n) is 17.7. The van der Waals surface area contributed by atoms with Gasteiger partial charge in [0.15, 0.2) is 33.3 Å². The largest absolute Gasteiger partial charge is 0.511 e. The van der Waals surface area contributed by atoms with E-state index in [1.54, 1.807) is 13.8 Å². The maximum absolute atomic E-state index is 13.7. The molecule has 3 unspecified atom stereocenters. The van der Waals surface area contributed by atoms with Crippen LogP contribution in [0.25, 0.3) is 0 Å². The Morgan fingerprint density at radius 3 is 2.46 bits per heavy atom. The number of amides is 4. The molecule has 27 heteroatoms. The van der Waals surface area contributed by atoms with E-state index in [9.17, 15) is 38.4 Å². The van der Waals surface area contributed by atoms with Crippen molar-refractivity contribution in [2.45, 2.75) is 56.7 Å². The van der Waals surface area contributed by atoms with Crippen molar-refractivity contribution >= 4 is 105 Å². The number of thiazole rings is 1. The van der Waals surface area contributed by atoms with Crippen molar-refractivity contribution in [3.63, 3.8) is 0 Å². The molecule has 2 aliphatic heterocycles. The number of hydrogen-bond donors (Lipinski definition) is 4. The lowest BCUT2D eigenvalue weighted by molar-refractivity contribution is -0.180. The molecule has 2 fully saturated rings. The molecule has 4 amide bonds. The number of hydrogen-bond acceptors (Lipinski definition) is 23. The predicted octanol–water partition coefficient (Wildman–Crippen LogP) is 1.16. The highest BCUT2D eigenvalue weighted by Gasteiger charge is 2.58. The number of rotatable bonds is 16. The maximum Gasteiger partial charge on any atom is 0.511 e. The van der Waals surface area contributed by atoms with Crippen LogP contribution in [0, 0.1) is 12.3 Å². The molecule has 61 heavy (non-hydrogen) atoms. The highest BCUT2D eigenvalue weighted by Crippen LogP contribution is 2.45. The average Bonchev–Trinajstić information content (AvgIpc) is 3.83. The lowest BCUT2D eigenvalue weighted by Crippen LogP contribution is -2.74. The second-order valence-corrected chi connectivity index (χ2v) is 17.1. The smallest absolute Gasteiger partial charge is 0.435 e. The predicted molar refractivity (Wildman–Crippen MR) is 215 cm³/mol. The minimum atomic E-state index is -1.30. The molecule has 4 heterocycles. The number of thioether (sulfide) groups is 2. The van der Waals surface area contributed by atoms with E-state index in [1.165, 1.54) is 64.2 Å². The molecule has 5 N–H and O–H groups in total. The number of β-lactam (4-membered cyclic amide) rings is 1. The number of esters is 3. The van der Waals surface area contributed by atoms with Gasteiger partial charge in [-0.15, -0.1) is 33.3 Å². The highest BCUT2D eigenvalue weighted by atomic mass is 32.2. The number of ether oxygens (including phenoxy) is 5. The Balaban J connectivity index is 1.21. The van der Waals surface area contributed by atoms with Gasteiger partial charge in [0.1, 0.15) is 27.5 Å². The van der Waals surface area contributed by atoms with Crippen LogP contribution in [-0.2, 0) is 47.8 Å². The summed E-state index contributed by atoms with van der Waals surface area (Å²) in [6, 6.07) is 2.51. The highest BCUT2D eigenvalue weighted by molar-refractivity contribution is 8.01. The van der Waals surface area contributed by atoms with E-state index in [2.05, 4.69) is 36.5 Å². The van der Waals surface area contributed by atoms with Gasteiger partial charge in [0.05, 0.1) is 6.61 Å². The summed E-state index contributed by atoms with van der Waals surface area (Å²) < 4.78 is 25.8. The van der Waals surface area contributed by atoms with Gasteiger partial charge in [-0.2, -0.15) is 0 Å². The third-order valence-corrected chi connectivity index (χ3v) is 12.5. The minimum Gasteiger partial charge on any atom is -0.435 e. The van der Waals surface area contributed by atoms with Gasteiger partial charge in [0.25, 0.3) is 17.7 Å². The number of anilines is 1. The average molecular weight is 924 g/mol. The van der Waals surface area contributed by atoms with Gasteiger partial charge in [-0.3, -0.25) is 44.4 Å². The van der Waals surface area contributed by atoms with Crippen LogP contribution in [-0.4, -0.2) is 122 Å². The number of nitrogens with zero attached hydrogens (tertiary/aromatic N) is 5. The van der Waals surface area contributed by atoms with Gasteiger partial charge in [-0.25, -0.2) is 9.78 Å². The van der Waals surface area contributed by atoms with E-state index >= 15 is 0 Å². The Kier molecular flexibility index (Phi) is 15.4. The molecular weight excluding hydrogens is 887 g/mol. The second kappa shape index (κ2) is 20.5. The molecule has 4 atom stereocenters. The number of benzene rings is 1. The normalized spacial score (nSPS) is 18.6. The topological polar surface area (TPSA) is 308 Å². The molecule has 0 bridgehead atoms. The van der Waals surface area contributed by atoms with Crippen LogP contribution in [0.3, 0.4) is 0 Å². The number of aryl methyl sites for hydroxylation is 1. The Labute approximate surface area is 362 Å². The van der Waals surface area contributed by atoms with Gasteiger partial charge in [-0.05, 0) is 32.0 Å². The van der Waals surface area contributed by atoms with Crippen molar-refractivity contribution in [3.05, 3.63) is 39.8 Å².